The fraction of sp³-hybridized carbons (Fsp3) is 0.333. The lowest BCUT2D eigenvalue weighted by molar-refractivity contribution is -0.140. The van der Waals surface area contributed by atoms with E-state index in [1.165, 1.54) is 6.20 Å². The maximum absolute atomic E-state index is 11.1. The fourth-order valence-corrected chi connectivity index (χ4v) is 1.13. The number of hydrogen-bond acceptors (Lipinski definition) is 6. The van der Waals surface area contributed by atoms with E-state index >= 15 is 0 Å². The molecule has 0 aliphatic heterocycles. The summed E-state index contributed by atoms with van der Waals surface area (Å²) in [5.74, 6) is -1.31. The van der Waals surface area contributed by atoms with Crippen molar-refractivity contribution in [2.24, 2.45) is 0 Å². The van der Waals surface area contributed by atoms with Gasteiger partial charge in [-0.3, -0.25) is 5.32 Å². The van der Waals surface area contributed by atoms with E-state index in [1.54, 1.807) is 0 Å². The van der Waals surface area contributed by atoms with E-state index < -0.39 is 24.6 Å². The summed E-state index contributed by atoms with van der Waals surface area (Å²) in [7, 11) is 0. The molecule has 0 aliphatic rings. The number of carboxylic acid groups (broad SMARTS) is 1. The van der Waals surface area contributed by atoms with E-state index in [1.807, 2.05) is 0 Å². The van der Waals surface area contributed by atoms with Crippen molar-refractivity contribution in [1.82, 2.24) is 14.9 Å². The van der Waals surface area contributed by atoms with Crippen LogP contribution in [0.3, 0.4) is 0 Å². The van der Waals surface area contributed by atoms with Gasteiger partial charge in [0.15, 0.2) is 6.04 Å². The second kappa shape index (κ2) is 5.22. The molecule has 1 aromatic heterocycles. The molecule has 15 heavy (non-hydrogen) atoms. The number of carbonyl (C=O) groups is 2. The highest BCUT2D eigenvalue weighted by Crippen LogP contribution is 2.08. The molecule has 0 bridgehead atoms. The van der Waals surface area contributed by atoms with Gasteiger partial charge in [0, 0.05) is 11.5 Å². The van der Waals surface area contributed by atoms with Crippen molar-refractivity contribution in [3.63, 3.8) is 0 Å². The molecule has 82 valence electrons. The smallest absolute Gasteiger partial charge is 0.328 e. The quantitative estimate of drug-likeness (QED) is 0.533. The Balaban J connectivity index is 2.45. The fourth-order valence-electron chi connectivity index (χ4n) is 0.714. The molecule has 1 atom stereocenters. The van der Waals surface area contributed by atoms with Crippen LogP contribution in [-0.2, 0) is 4.79 Å². The van der Waals surface area contributed by atoms with E-state index in [2.05, 4.69) is 20.2 Å². The first kappa shape index (κ1) is 11.3. The Bertz CT molecular complexity index is 341. The number of nitrogens with one attached hydrogen (secondary N) is 2. The van der Waals surface area contributed by atoms with Gasteiger partial charge < -0.3 is 15.5 Å². The molecule has 0 fully saturated rings. The van der Waals surface area contributed by atoms with Crippen LogP contribution >= 0.6 is 11.5 Å². The van der Waals surface area contributed by atoms with Crippen molar-refractivity contribution < 1.29 is 19.8 Å². The molecule has 0 radical (unpaired) electrons. The van der Waals surface area contributed by atoms with Crippen LogP contribution in [-0.4, -0.2) is 44.4 Å². The minimum absolute atomic E-state index is 0.384. The van der Waals surface area contributed by atoms with Gasteiger partial charge in [0.05, 0.1) is 12.8 Å². The van der Waals surface area contributed by atoms with Gasteiger partial charge in [-0.2, -0.15) is 0 Å². The summed E-state index contributed by atoms with van der Waals surface area (Å²) < 4.78 is 3.49. The van der Waals surface area contributed by atoms with Gasteiger partial charge in [-0.1, -0.05) is 4.49 Å². The molecule has 1 heterocycles. The number of amides is 2. The minimum Gasteiger partial charge on any atom is -0.480 e. The summed E-state index contributed by atoms with van der Waals surface area (Å²) in [6.45, 7) is -0.677. The van der Waals surface area contributed by atoms with Crippen molar-refractivity contribution in [2.75, 3.05) is 11.9 Å². The Morgan fingerprint density at radius 3 is 2.80 bits per heavy atom. The molecule has 4 N–H and O–H groups in total. The zero-order valence-electron chi connectivity index (χ0n) is 7.38. The largest absolute Gasteiger partial charge is 0.480 e. The average molecular weight is 232 g/mol. The van der Waals surface area contributed by atoms with Crippen LogP contribution < -0.4 is 10.6 Å². The number of urea groups is 1. The lowest BCUT2D eigenvalue weighted by Gasteiger charge is -2.11. The minimum atomic E-state index is -1.33. The van der Waals surface area contributed by atoms with Gasteiger partial charge in [0.2, 0.25) is 0 Å². The van der Waals surface area contributed by atoms with Gasteiger partial charge in [0.1, 0.15) is 5.00 Å². The lowest BCUT2D eigenvalue weighted by atomic mass is 10.3. The highest BCUT2D eigenvalue weighted by molar-refractivity contribution is 7.10. The third-order valence-electron chi connectivity index (χ3n) is 1.38. The number of anilines is 1. The third kappa shape index (κ3) is 3.48. The van der Waals surface area contributed by atoms with E-state index in [0.717, 1.165) is 11.5 Å². The second-order valence-electron chi connectivity index (χ2n) is 2.45. The van der Waals surface area contributed by atoms with Crippen LogP contribution in [0.25, 0.3) is 0 Å². The zero-order chi connectivity index (χ0) is 11.3. The van der Waals surface area contributed by atoms with Crippen LogP contribution in [0.4, 0.5) is 9.80 Å². The zero-order valence-corrected chi connectivity index (χ0v) is 8.19. The molecular formula is C6H8N4O4S. The topological polar surface area (TPSA) is 124 Å². The Hall–Kier alpha value is -1.74. The van der Waals surface area contributed by atoms with E-state index in [4.69, 9.17) is 10.2 Å². The highest BCUT2D eigenvalue weighted by atomic mass is 32.1. The first-order valence-corrected chi connectivity index (χ1v) is 4.59. The predicted molar refractivity (Wildman–Crippen MR) is 50.6 cm³/mol. The van der Waals surface area contributed by atoms with Gasteiger partial charge in [0.25, 0.3) is 0 Å². The number of carbonyl (C=O) groups excluding carboxylic acids is 1. The number of aliphatic hydroxyl groups is 1. The summed E-state index contributed by atoms with van der Waals surface area (Å²) in [4.78, 5) is 21.6. The Morgan fingerprint density at radius 1 is 1.60 bits per heavy atom. The number of rotatable bonds is 4. The molecule has 0 unspecified atom stereocenters. The van der Waals surface area contributed by atoms with Crippen molar-refractivity contribution in [2.45, 2.75) is 6.04 Å². The van der Waals surface area contributed by atoms with E-state index in [0.29, 0.717) is 5.00 Å². The first-order chi connectivity index (χ1) is 7.13. The molecule has 2 amide bonds. The average Bonchev–Trinajstić information content (AvgIpc) is 2.66. The monoisotopic (exact) mass is 232 g/mol. The number of aromatic nitrogens is 2. The second-order valence-corrected chi connectivity index (χ2v) is 3.24. The van der Waals surface area contributed by atoms with Gasteiger partial charge in [-0.25, -0.2) is 9.59 Å². The molecule has 0 saturated carbocycles. The molecule has 9 heteroatoms. The number of hydrogen-bond donors (Lipinski definition) is 4. The van der Waals surface area contributed by atoms with Crippen molar-refractivity contribution >= 4 is 28.5 Å². The summed E-state index contributed by atoms with van der Waals surface area (Å²) in [6.07, 6.45) is 1.32. The van der Waals surface area contributed by atoms with Crippen molar-refractivity contribution in [1.29, 1.82) is 0 Å². The van der Waals surface area contributed by atoms with Crippen LogP contribution in [0.2, 0.25) is 0 Å². The van der Waals surface area contributed by atoms with Gasteiger partial charge >= 0.3 is 12.0 Å². The van der Waals surface area contributed by atoms with Crippen LogP contribution in [0, 0.1) is 0 Å². The summed E-state index contributed by atoms with van der Waals surface area (Å²) in [5.41, 5.74) is 0. The third-order valence-corrected chi connectivity index (χ3v) is 1.96. The Kier molecular flexibility index (Phi) is 3.94. The molecule has 0 aliphatic carbocycles. The van der Waals surface area contributed by atoms with E-state index in [-0.39, 0.29) is 0 Å². The van der Waals surface area contributed by atoms with E-state index in [9.17, 15) is 9.59 Å². The van der Waals surface area contributed by atoms with Crippen molar-refractivity contribution in [3.05, 3.63) is 6.20 Å². The molecule has 0 spiro atoms. The van der Waals surface area contributed by atoms with Crippen molar-refractivity contribution in [3.8, 4) is 0 Å². The normalized spacial score (nSPS) is 11.8. The maximum Gasteiger partial charge on any atom is 0.328 e. The summed E-state index contributed by atoms with van der Waals surface area (Å²) in [5, 5.41) is 25.4. The first-order valence-electron chi connectivity index (χ1n) is 3.82. The molecule has 0 aromatic carbocycles. The molecule has 1 aromatic rings. The van der Waals surface area contributed by atoms with Gasteiger partial charge in [-0.05, 0) is 0 Å². The summed E-state index contributed by atoms with van der Waals surface area (Å²) in [6, 6.07) is -2.06. The maximum atomic E-state index is 11.1. The SMILES string of the molecule is O=C(Nc1cnns1)N[C@@H](CO)C(=O)O. The van der Waals surface area contributed by atoms with Crippen LogP contribution in [0.1, 0.15) is 0 Å². The summed E-state index contributed by atoms with van der Waals surface area (Å²) >= 11 is 0.951. The molecular weight excluding hydrogens is 224 g/mol. The van der Waals surface area contributed by atoms with Crippen LogP contribution in [0.15, 0.2) is 6.20 Å². The Morgan fingerprint density at radius 2 is 2.33 bits per heavy atom. The predicted octanol–water partition coefficient (Wildman–Crippen LogP) is -0.895. The lowest BCUT2D eigenvalue weighted by Crippen LogP contribution is -2.45. The van der Waals surface area contributed by atoms with Gasteiger partial charge in [-0.15, -0.1) is 5.10 Å². The molecule has 8 nitrogen and oxygen atoms in total. The number of nitrogens with zero attached hydrogens (tertiary/aromatic N) is 2. The number of carboxylic acids is 1. The standard InChI is InChI=1S/C6H8N4O4S/c11-2-3(5(12)13)8-6(14)9-4-1-7-10-15-4/h1,3,11H,2H2,(H,12,13)(H2,8,9,14)/t3-/m0/s1. The highest BCUT2D eigenvalue weighted by Gasteiger charge is 2.18. The van der Waals surface area contributed by atoms with Crippen LogP contribution in [0.5, 0.6) is 0 Å². The number of aliphatic hydroxyl groups excluding tert-OH is 1. The molecule has 1 rings (SSSR count). The molecule has 0 saturated heterocycles. The Labute approximate surface area is 88.1 Å². The number of aliphatic carboxylic acids is 1.